The molecule has 0 radical (unpaired) electrons. The minimum absolute atomic E-state index is 0.0901. The zero-order valence-electron chi connectivity index (χ0n) is 26.0. The maximum absolute atomic E-state index is 2.46. The zero-order valence-corrected chi connectivity index (χ0v) is 26.0. The lowest BCUT2D eigenvalue weighted by molar-refractivity contribution is 0.660. The Balaban J connectivity index is 1.31. The zero-order chi connectivity index (χ0) is 30.8. The molecule has 0 aliphatic heterocycles. The molecule has 0 bridgehead atoms. The topological polar surface area (TPSA) is 3.24 Å². The Bertz CT molecular complexity index is 2450. The van der Waals surface area contributed by atoms with Crippen molar-refractivity contribution < 1.29 is 0 Å². The SMILES string of the molecule is CC1(C)c2ccccc2-c2ccc(N(c3ccc4ccc5c6ccccc6ccc5c4c3)c3ccccc3-c3ccccc3)cc21. The maximum Gasteiger partial charge on any atom is 0.0540 e. The highest BCUT2D eigenvalue weighted by Gasteiger charge is 2.35. The molecule has 8 aromatic carbocycles. The van der Waals surface area contributed by atoms with Gasteiger partial charge in [-0.2, -0.15) is 0 Å². The summed E-state index contributed by atoms with van der Waals surface area (Å²) in [5.74, 6) is 0. The molecule has 0 heterocycles. The molecule has 1 heteroatoms. The summed E-state index contributed by atoms with van der Waals surface area (Å²) in [5.41, 5.74) is 11.2. The van der Waals surface area contributed by atoms with Gasteiger partial charge in [-0.25, -0.2) is 0 Å². The van der Waals surface area contributed by atoms with Crippen molar-refractivity contribution in [2.24, 2.45) is 0 Å². The summed E-state index contributed by atoms with van der Waals surface area (Å²) in [6.45, 7) is 4.71. The van der Waals surface area contributed by atoms with E-state index in [0.29, 0.717) is 0 Å². The average Bonchev–Trinajstić information content (AvgIpc) is 3.34. The van der Waals surface area contributed by atoms with Gasteiger partial charge >= 0.3 is 0 Å². The largest absolute Gasteiger partial charge is 0.310 e. The van der Waals surface area contributed by atoms with Gasteiger partial charge in [0.2, 0.25) is 0 Å². The van der Waals surface area contributed by atoms with Gasteiger partial charge in [0.25, 0.3) is 0 Å². The number of hydrogen-bond acceptors (Lipinski definition) is 1. The first-order valence-corrected chi connectivity index (χ1v) is 16.1. The highest BCUT2D eigenvalue weighted by atomic mass is 15.1. The van der Waals surface area contributed by atoms with Gasteiger partial charge in [-0.05, 0) is 90.5 Å². The molecule has 0 fully saturated rings. The van der Waals surface area contributed by atoms with Gasteiger partial charge in [-0.3, -0.25) is 0 Å². The average molecular weight is 588 g/mol. The molecule has 0 saturated carbocycles. The molecule has 1 aliphatic rings. The molecule has 9 rings (SSSR count). The standard InChI is InChI=1S/C45H33N/c1-45(2)42-18-10-8-17-39(42)40-27-24-34(29-43(40)45)46(44-19-11-9-16-36(44)30-12-4-3-5-13-30)33-23-20-32-22-25-37-35-15-7-6-14-31(35)21-26-38(37)41(32)28-33/h3-29H,1-2H3. The fourth-order valence-corrected chi connectivity index (χ4v) is 7.73. The molecule has 8 aromatic rings. The predicted molar refractivity (Wildman–Crippen MR) is 197 cm³/mol. The number of rotatable bonds is 4. The second-order valence-corrected chi connectivity index (χ2v) is 13.0. The summed E-state index contributed by atoms with van der Waals surface area (Å²) < 4.78 is 0. The Morgan fingerprint density at radius 1 is 0.391 bits per heavy atom. The molecule has 1 nitrogen and oxygen atoms in total. The van der Waals surface area contributed by atoms with Gasteiger partial charge in [-0.15, -0.1) is 0 Å². The van der Waals surface area contributed by atoms with Crippen LogP contribution in [-0.4, -0.2) is 0 Å². The van der Waals surface area contributed by atoms with Crippen molar-refractivity contribution in [3.63, 3.8) is 0 Å². The monoisotopic (exact) mass is 587 g/mol. The Kier molecular flexibility index (Phi) is 5.92. The van der Waals surface area contributed by atoms with Crippen LogP contribution >= 0.6 is 0 Å². The van der Waals surface area contributed by atoms with E-state index in [1.165, 1.54) is 65.7 Å². The number of anilines is 3. The van der Waals surface area contributed by atoms with Gasteiger partial charge in [0.15, 0.2) is 0 Å². The molecule has 0 saturated heterocycles. The van der Waals surface area contributed by atoms with Crippen LogP contribution < -0.4 is 4.90 Å². The number of para-hydroxylation sites is 1. The number of hydrogen-bond donors (Lipinski definition) is 0. The Labute approximate surface area is 270 Å². The minimum Gasteiger partial charge on any atom is -0.310 e. The number of benzene rings is 8. The van der Waals surface area contributed by atoms with Gasteiger partial charge in [0.1, 0.15) is 0 Å². The quantitative estimate of drug-likeness (QED) is 0.185. The highest BCUT2D eigenvalue weighted by molar-refractivity contribution is 6.18. The van der Waals surface area contributed by atoms with E-state index in [9.17, 15) is 0 Å². The van der Waals surface area contributed by atoms with Crippen molar-refractivity contribution in [1.82, 2.24) is 0 Å². The van der Waals surface area contributed by atoms with Crippen LogP contribution in [0.5, 0.6) is 0 Å². The first-order chi connectivity index (χ1) is 22.6. The lowest BCUT2D eigenvalue weighted by Gasteiger charge is -2.30. The number of fused-ring (bicyclic) bond motifs is 8. The Morgan fingerprint density at radius 2 is 0.978 bits per heavy atom. The van der Waals surface area contributed by atoms with Gasteiger partial charge in [0, 0.05) is 22.4 Å². The number of nitrogens with zero attached hydrogens (tertiary/aromatic N) is 1. The summed E-state index contributed by atoms with van der Waals surface area (Å²) in [4.78, 5) is 2.46. The van der Waals surface area contributed by atoms with Crippen molar-refractivity contribution in [1.29, 1.82) is 0 Å². The summed E-state index contributed by atoms with van der Waals surface area (Å²) in [6, 6.07) is 60.2. The van der Waals surface area contributed by atoms with Crippen molar-refractivity contribution >= 4 is 49.4 Å². The highest BCUT2D eigenvalue weighted by Crippen LogP contribution is 2.51. The van der Waals surface area contributed by atoms with E-state index < -0.39 is 0 Å². The molecule has 0 amide bonds. The molecule has 0 spiro atoms. The van der Waals surface area contributed by atoms with Crippen LogP contribution in [0.3, 0.4) is 0 Å². The lowest BCUT2D eigenvalue weighted by atomic mass is 9.82. The summed E-state index contributed by atoms with van der Waals surface area (Å²) in [7, 11) is 0. The maximum atomic E-state index is 2.46. The van der Waals surface area contributed by atoms with E-state index in [-0.39, 0.29) is 5.41 Å². The lowest BCUT2D eigenvalue weighted by Crippen LogP contribution is -2.16. The second-order valence-electron chi connectivity index (χ2n) is 13.0. The molecule has 46 heavy (non-hydrogen) atoms. The molecule has 218 valence electrons. The van der Waals surface area contributed by atoms with Crippen LogP contribution in [0.1, 0.15) is 25.0 Å². The third-order valence-corrected chi connectivity index (χ3v) is 10.0. The third kappa shape index (κ3) is 4.02. The first-order valence-electron chi connectivity index (χ1n) is 16.1. The molecule has 0 aromatic heterocycles. The fourth-order valence-electron chi connectivity index (χ4n) is 7.73. The van der Waals surface area contributed by atoms with Gasteiger partial charge < -0.3 is 4.90 Å². The van der Waals surface area contributed by atoms with E-state index in [0.717, 1.165) is 17.1 Å². The summed E-state index contributed by atoms with van der Waals surface area (Å²) in [6.07, 6.45) is 0. The van der Waals surface area contributed by atoms with Crippen LogP contribution in [0.15, 0.2) is 164 Å². The van der Waals surface area contributed by atoms with E-state index in [4.69, 9.17) is 0 Å². The Morgan fingerprint density at radius 3 is 1.83 bits per heavy atom. The van der Waals surface area contributed by atoms with E-state index >= 15 is 0 Å². The van der Waals surface area contributed by atoms with Crippen LogP contribution in [0.2, 0.25) is 0 Å². The summed E-state index contributed by atoms with van der Waals surface area (Å²) >= 11 is 0. The van der Waals surface area contributed by atoms with Crippen LogP contribution in [0, 0.1) is 0 Å². The van der Waals surface area contributed by atoms with E-state index in [1.807, 2.05) is 0 Å². The van der Waals surface area contributed by atoms with Crippen LogP contribution in [0.4, 0.5) is 17.1 Å². The fraction of sp³-hybridized carbons (Fsp3) is 0.0667. The third-order valence-electron chi connectivity index (χ3n) is 10.0. The Hall–Kier alpha value is -5.66. The van der Waals surface area contributed by atoms with E-state index in [2.05, 4.69) is 183 Å². The van der Waals surface area contributed by atoms with Crippen molar-refractivity contribution in [3.05, 3.63) is 175 Å². The molecule has 0 atom stereocenters. The predicted octanol–water partition coefficient (Wildman–Crippen LogP) is 12.6. The smallest absolute Gasteiger partial charge is 0.0540 e. The van der Waals surface area contributed by atoms with Crippen molar-refractivity contribution in [2.75, 3.05) is 4.90 Å². The van der Waals surface area contributed by atoms with E-state index in [1.54, 1.807) is 0 Å². The van der Waals surface area contributed by atoms with Gasteiger partial charge in [-0.1, -0.05) is 147 Å². The first kappa shape index (κ1) is 26.7. The van der Waals surface area contributed by atoms with Crippen LogP contribution in [-0.2, 0) is 5.41 Å². The second kappa shape index (κ2) is 10.2. The van der Waals surface area contributed by atoms with Crippen molar-refractivity contribution in [3.8, 4) is 22.3 Å². The normalized spacial score (nSPS) is 13.2. The van der Waals surface area contributed by atoms with Crippen LogP contribution in [0.25, 0.3) is 54.6 Å². The summed E-state index contributed by atoms with van der Waals surface area (Å²) in [5, 5.41) is 7.63. The van der Waals surface area contributed by atoms with Gasteiger partial charge in [0.05, 0.1) is 5.69 Å². The molecule has 0 unspecified atom stereocenters. The van der Waals surface area contributed by atoms with Crippen molar-refractivity contribution in [2.45, 2.75) is 19.3 Å². The molecular weight excluding hydrogens is 555 g/mol. The molecule has 0 N–H and O–H groups in total. The molecule has 1 aliphatic carbocycles. The minimum atomic E-state index is -0.0901. The molecular formula is C45H33N.